The van der Waals surface area contributed by atoms with Gasteiger partial charge in [-0.3, -0.25) is 0 Å². The van der Waals surface area contributed by atoms with Gasteiger partial charge in [0, 0.05) is 21.6 Å². The van der Waals surface area contributed by atoms with Gasteiger partial charge >= 0.3 is 0 Å². The van der Waals surface area contributed by atoms with Crippen molar-refractivity contribution >= 4 is 54.5 Å². The summed E-state index contributed by atoms with van der Waals surface area (Å²) in [5.74, 6) is 0. The highest BCUT2D eigenvalue weighted by Crippen LogP contribution is 2.58. The van der Waals surface area contributed by atoms with E-state index in [0.717, 1.165) is 22.1 Å². The lowest BCUT2D eigenvalue weighted by Crippen LogP contribution is -2.17. The Morgan fingerprint density at radius 1 is 0.373 bits per heavy atom. The molecule has 1 aliphatic carbocycles. The van der Waals surface area contributed by atoms with Crippen LogP contribution in [0.2, 0.25) is 0 Å². The summed E-state index contributed by atoms with van der Waals surface area (Å²) in [5, 5.41) is 8.50. The van der Waals surface area contributed by atoms with E-state index >= 15 is 0 Å². The number of benzene rings is 8. The predicted octanol–water partition coefficient (Wildman–Crippen LogP) is 13.9. The van der Waals surface area contributed by atoms with Crippen LogP contribution in [0.1, 0.15) is 25.0 Å². The summed E-state index contributed by atoms with van der Waals surface area (Å²) in [5.41, 5.74) is 15.1. The third-order valence-corrected chi connectivity index (χ3v) is 11.3. The molecule has 2 heteroatoms. The van der Waals surface area contributed by atoms with E-state index in [9.17, 15) is 0 Å². The third kappa shape index (κ3) is 3.82. The molecule has 0 N–H and O–H groups in total. The van der Waals surface area contributed by atoms with E-state index in [1.165, 1.54) is 88.0 Å². The van der Waals surface area contributed by atoms with Gasteiger partial charge in [0.15, 0.2) is 0 Å². The lowest BCUT2D eigenvalue weighted by Gasteiger charge is -2.27. The van der Waals surface area contributed by atoms with Gasteiger partial charge in [-0.1, -0.05) is 141 Å². The SMILES string of the molecule is CC1(C)c2c(cccc2-c2c3ccccc3c(-c3cccc4occc34)c3ccccc23)-c2ccc3oc4cccc(-c5ccccc5)c4c3c21. The molecule has 0 bridgehead atoms. The average molecular weight is 653 g/mol. The van der Waals surface area contributed by atoms with Crippen molar-refractivity contribution in [3.05, 3.63) is 169 Å². The highest BCUT2D eigenvalue weighted by Gasteiger charge is 2.41. The van der Waals surface area contributed by atoms with Gasteiger partial charge in [-0.15, -0.1) is 0 Å². The van der Waals surface area contributed by atoms with E-state index in [4.69, 9.17) is 8.83 Å². The van der Waals surface area contributed by atoms with E-state index in [1.54, 1.807) is 6.26 Å². The third-order valence-electron chi connectivity index (χ3n) is 11.3. The normalized spacial score (nSPS) is 13.5. The van der Waals surface area contributed by atoms with Gasteiger partial charge in [-0.2, -0.15) is 0 Å². The van der Waals surface area contributed by atoms with Crippen molar-refractivity contribution in [3.63, 3.8) is 0 Å². The molecule has 0 amide bonds. The number of fused-ring (bicyclic) bond motifs is 10. The lowest BCUT2D eigenvalue weighted by molar-refractivity contribution is 0.616. The second kappa shape index (κ2) is 10.3. The lowest BCUT2D eigenvalue weighted by atomic mass is 9.75. The predicted molar refractivity (Wildman–Crippen MR) is 212 cm³/mol. The smallest absolute Gasteiger partial charge is 0.136 e. The first-order valence-electron chi connectivity index (χ1n) is 17.7. The van der Waals surface area contributed by atoms with Crippen molar-refractivity contribution in [2.45, 2.75) is 19.3 Å². The van der Waals surface area contributed by atoms with Crippen LogP contribution in [0.4, 0.5) is 0 Å². The molecule has 8 aromatic carbocycles. The van der Waals surface area contributed by atoms with Crippen molar-refractivity contribution in [1.29, 1.82) is 0 Å². The van der Waals surface area contributed by atoms with Crippen molar-refractivity contribution in [1.82, 2.24) is 0 Å². The minimum atomic E-state index is -0.315. The van der Waals surface area contributed by atoms with Gasteiger partial charge in [0.1, 0.15) is 16.7 Å². The number of hydrogen-bond acceptors (Lipinski definition) is 2. The first-order valence-corrected chi connectivity index (χ1v) is 17.7. The van der Waals surface area contributed by atoms with Crippen LogP contribution in [-0.4, -0.2) is 0 Å². The Balaban J connectivity index is 1.23. The van der Waals surface area contributed by atoms with Crippen molar-refractivity contribution < 1.29 is 8.83 Å². The Morgan fingerprint density at radius 2 is 0.922 bits per heavy atom. The highest BCUT2D eigenvalue weighted by molar-refractivity contribution is 6.24. The fraction of sp³-hybridized carbons (Fsp3) is 0.0612. The summed E-state index contributed by atoms with van der Waals surface area (Å²) in [6.07, 6.45) is 1.79. The second-order valence-electron chi connectivity index (χ2n) is 14.3. The Hall–Kier alpha value is -6.38. The summed E-state index contributed by atoms with van der Waals surface area (Å²) in [6.45, 7) is 4.81. The molecule has 0 fully saturated rings. The van der Waals surface area contributed by atoms with Crippen LogP contribution in [0.5, 0.6) is 0 Å². The molecule has 51 heavy (non-hydrogen) atoms. The molecule has 0 saturated carbocycles. The van der Waals surface area contributed by atoms with Crippen molar-refractivity contribution in [2.24, 2.45) is 0 Å². The van der Waals surface area contributed by atoms with Gasteiger partial charge in [0.05, 0.1) is 6.26 Å². The van der Waals surface area contributed by atoms with Crippen LogP contribution in [0, 0.1) is 0 Å². The van der Waals surface area contributed by atoms with Crippen LogP contribution in [0.15, 0.2) is 167 Å². The van der Waals surface area contributed by atoms with Gasteiger partial charge in [0.2, 0.25) is 0 Å². The largest absolute Gasteiger partial charge is 0.464 e. The van der Waals surface area contributed by atoms with Gasteiger partial charge in [-0.25, -0.2) is 0 Å². The van der Waals surface area contributed by atoms with Crippen LogP contribution in [0.3, 0.4) is 0 Å². The molecule has 0 radical (unpaired) electrons. The zero-order valence-electron chi connectivity index (χ0n) is 28.3. The Kier molecular flexibility index (Phi) is 5.76. The molecule has 11 rings (SSSR count). The minimum absolute atomic E-state index is 0.315. The van der Waals surface area contributed by atoms with E-state index in [0.29, 0.717) is 0 Å². The van der Waals surface area contributed by atoms with Gasteiger partial charge in [-0.05, 0) is 101 Å². The zero-order valence-corrected chi connectivity index (χ0v) is 28.3. The van der Waals surface area contributed by atoms with E-state index in [-0.39, 0.29) is 5.41 Å². The quantitative estimate of drug-likeness (QED) is 0.178. The summed E-state index contributed by atoms with van der Waals surface area (Å²) < 4.78 is 12.5. The van der Waals surface area contributed by atoms with E-state index < -0.39 is 0 Å². The molecule has 0 aliphatic heterocycles. The maximum absolute atomic E-state index is 6.64. The monoisotopic (exact) mass is 652 g/mol. The second-order valence-corrected chi connectivity index (χ2v) is 14.3. The summed E-state index contributed by atoms with van der Waals surface area (Å²) in [6, 6.07) is 54.9. The molecule has 2 heterocycles. The first-order chi connectivity index (χ1) is 25.1. The van der Waals surface area contributed by atoms with Gasteiger partial charge in [0.25, 0.3) is 0 Å². The van der Waals surface area contributed by atoms with Crippen LogP contribution in [-0.2, 0) is 5.41 Å². The molecule has 1 aliphatic rings. The molecule has 0 atom stereocenters. The molecule has 10 aromatic rings. The fourth-order valence-corrected chi connectivity index (χ4v) is 9.35. The molecule has 2 aromatic heterocycles. The summed E-state index contributed by atoms with van der Waals surface area (Å²) in [4.78, 5) is 0. The zero-order chi connectivity index (χ0) is 33.8. The maximum Gasteiger partial charge on any atom is 0.136 e. The molecular weight excluding hydrogens is 621 g/mol. The Labute approximate surface area is 295 Å². The van der Waals surface area contributed by atoms with Crippen LogP contribution in [0.25, 0.3) is 99.0 Å². The number of furan rings is 2. The molecule has 0 unspecified atom stereocenters. The topological polar surface area (TPSA) is 26.3 Å². The van der Waals surface area contributed by atoms with Gasteiger partial charge < -0.3 is 8.83 Å². The van der Waals surface area contributed by atoms with Crippen LogP contribution < -0.4 is 0 Å². The molecule has 0 spiro atoms. The van der Waals surface area contributed by atoms with E-state index in [1.807, 2.05) is 6.07 Å². The molecule has 240 valence electrons. The molecule has 0 saturated heterocycles. The number of rotatable bonds is 3. The summed E-state index contributed by atoms with van der Waals surface area (Å²) >= 11 is 0. The molecular formula is C49H32O2. The maximum atomic E-state index is 6.64. The molecule has 2 nitrogen and oxygen atoms in total. The summed E-state index contributed by atoms with van der Waals surface area (Å²) in [7, 11) is 0. The Bertz CT molecular complexity index is 2990. The van der Waals surface area contributed by atoms with Crippen molar-refractivity contribution in [2.75, 3.05) is 0 Å². The van der Waals surface area contributed by atoms with E-state index in [2.05, 4.69) is 159 Å². The fourth-order valence-electron chi connectivity index (χ4n) is 9.35. The standard InChI is InChI=1S/C49H32O2/c1-49(2)47-37(38-25-26-42-46(48(38)49)45-30(19-11-24-41(45)51-42)29-13-4-3-5-14-29)21-10-22-39(47)44-35-17-8-6-15-33(35)43(34-16-7-9-18-36(34)44)32-20-12-23-40-31(32)27-28-50-40/h3-28H,1-2H3. The Morgan fingerprint density at radius 3 is 1.65 bits per heavy atom. The average Bonchev–Trinajstić information content (AvgIpc) is 3.87. The number of hydrogen-bond donors (Lipinski definition) is 0. The first kappa shape index (κ1) is 28.5. The highest BCUT2D eigenvalue weighted by atomic mass is 16.3. The minimum Gasteiger partial charge on any atom is -0.464 e. The van der Waals surface area contributed by atoms with Crippen LogP contribution >= 0.6 is 0 Å². The van der Waals surface area contributed by atoms with Crippen molar-refractivity contribution in [3.8, 4) is 44.5 Å².